The summed E-state index contributed by atoms with van der Waals surface area (Å²) in [4.78, 5) is 104. The summed E-state index contributed by atoms with van der Waals surface area (Å²) in [5.74, 6) is 13.3. The van der Waals surface area contributed by atoms with Gasteiger partial charge in [-0.1, -0.05) is 168 Å². The third-order valence-corrected chi connectivity index (χ3v) is 35.3. The van der Waals surface area contributed by atoms with E-state index in [1.54, 1.807) is 55.5 Å². The Labute approximate surface area is 737 Å². The zero-order chi connectivity index (χ0) is 85.5. The van der Waals surface area contributed by atoms with E-state index >= 15 is 0 Å². The Morgan fingerprint density at radius 3 is 1.14 bits per heavy atom. The molecule has 0 aliphatic heterocycles. The molecule has 16 heteroatoms. The lowest BCUT2D eigenvalue weighted by molar-refractivity contribution is -0.146. The first-order valence-corrected chi connectivity index (χ1v) is 50.7. The molecule has 15 rings (SSSR count). The molecule has 13 aliphatic rings. The summed E-state index contributed by atoms with van der Waals surface area (Å²) >= 11 is 0. The van der Waals surface area contributed by atoms with Crippen molar-refractivity contribution in [3.63, 3.8) is 0 Å². The number of esters is 7. The number of ether oxygens (including phenoxy) is 8. The van der Waals surface area contributed by atoms with Crippen molar-refractivity contribution in [3.05, 3.63) is 95.6 Å². The first-order chi connectivity index (χ1) is 59.9. The molecule has 20 unspecified atom stereocenters. The van der Waals surface area contributed by atoms with E-state index in [0.717, 1.165) is 126 Å². The fraction of sp³-hybridized carbons (Fsp3) is 0.776. The molecule has 0 heterocycles. The summed E-state index contributed by atoms with van der Waals surface area (Å²) < 4.78 is 47.4. The summed E-state index contributed by atoms with van der Waals surface area (Å²) in [5.41, 5.74) is 1.93. The van der Waals surface area contributed by atoms with Crippen LogP contribution in [0.5, 0.6) is 0 Å². The quantitative estimate of drug-likeness (QED) is 0.0261. The second kappa shape index (κ2) is 44.2. The average Bonchev–Trinajstić information content (AvgIpc) is 1.61. The van der Waals surface area contributed by atoms with Gasteiger partial charge in [-0.15, -0.1) is 0 Å². The minimum absolute atomic E-state index is 0.0332. The second-order valence-electron chi connectivity index (χ2n) is 42.8. The summed E-state index contributed by atoms with van der Waals surface area (Å²) in [6.07, 6.45) is 53.4. The molecule has 13 fully saturated rings. The van der Waals surface area contributed by atoms with Gasteiger partial charge in [0.05, 0.1) is 74.6 Å². The molecule has 8 bridgehead atoms. The molecular weight excluding hydrogens is 1540 g/mol. The van der Waals surface area contributed by atoms with E-state index in [1.807, 2.05) is 0 Å². The standard InChI is InChI=1S/C107H154O16/c1-6-9-11-13-16-22-30-73-40-39-72(29-21-12-10-7-2)86(37-25-19-15-20-26-38-102(110)118-63-82-51-78-54-92(82)96-47-70(43-90(78)96)61-120-104(112)74-31-27-33-76(49-74)106(114)122-64-83-52-79-55-93(83)95-45-68(41-88(79)95)59-117-101(109)8-3)87(73)36-24-18-14-17-23-35-85(108)66-116-100-58-81-57-99(100)98-48-71(44-91(81)98)62-121-105(113)75-32-28-34-77(50-75)107(115)123-65-84-53-80-56-94(84)97-46-69(42-89(80)97)60-119-103(111)67(4)5/h8,27-28,31-34,49-50,68-73,78-84,86-100H,3-4,6-7,9-26,29-30,35-48,51-66H2,1-2,5H3/t68?,69?,70?,71?,72?,73?,78?,79?,80?,81?,82?,83?,84?,86?,87?,88-,89+,90-,91+,92?,93?,94?,95-,96-,97+,98+,99?,100?/m1/s1. The number of hydrogen-bond donors (Lipinski definition) is 0. The number of benzene rings is 2. The van der Waals surface area contributed by atoms with E-state index in [1.165, 1.54) is 173 Å². The maximum Gasteiger partial charge on any atom is 0.338 e. The molecule has 16 nitrogen and oxygen atoms in total. The monoisotopic (exact) mass is 1700 g/mol. The minimum Gasteiger partial charge on any atom is -0.465 e. The van der Waals surface area contributed by atoms with Gasteiger partial charge >= 0.3 is 41.8 Å². The molecule has 2 aromatic carbocycles. The molecular formula is C107H154O16. The Bertz CT molecular complexity index is 3880. The molecule has 0 saturated heterocycles. The average molecular weight is 1700 g/mol. The first kappa shape index (κ1) is 91.6. The van der Waals surface area contributed by atoms with Crippen molar-refractivity contribution in [2.24, 2.45) is 160 Å². The number of hydrogen-bond acceptors (Lipinski definition) is 16. The van der Waals surface area contributed by atoms with E-state index in [2.05, 4.69) is 27.0 Å². The molecule has 2 aromatic rings. The van der Waals surface area contributed by atoms with Gasteiger partial charge in [0.25, 0.3) is 0 Å². The van der Waals surface area contributed by atoms with E-state index < -0.39 is 23.9 Å². The highest BCUT2D eigenvalue weighted by Crippen LogP contribution is 2.66. The Balaban J connectivity index is 0.430. The lowest BCUT2D eigenvalue weighted by Crippen LogP contribution is -2.35. The van der Waals surface area contributed by atoms with Gasteiger partial charge in [0.2, 0.25) is 0 Å². The number of rotatable bonds is 51. The summed E-state index contributed by atoms with van der Waals surface area (Å²) in [5, 5.41) is 0. The van der Waals surface area contributed by atoms with Gasteiger partial charge in [-0.25, -0.2) is 28.8 Å². The number of carbonyl (C=O) groups excluding carboxylic acids is 8. The maximum absolute atomic E-state index is 13.5. The van der Waals surface area contributed by atoms with Crippen LogP contribution in [0, 0.1) is 160 Å². The molecule has 0 aromatic heterocycles. The number of Topliss-reactive ketones (excluding diaryl/α,β-unsaturated/α-hetero) is 1. The van der Waals surface area contributed by atoms with Crippen LogP contribution in [0.15, 0.2) is 73.3 Å². The molecule has 0 radical (unpaired) electrons. The molecule has 678 valence electrons. The Morgan fingerprint density at radius 1 is 0.350 bits per heavy atom. The fourth-order valence-electron chi connectivity index (χ4n) is 29.8. The third kappa shape index (κ3) is 23.1. The SMILES string of the molecule is C=CC(=O)OCC1C[C@@H]2C3CC(COC(=O)c4cccc(C(=O)OCC5C[C@@H]6C7CC(COC(=O)CCCCCCCC8C(CCCCCC)CCC(CCCCCCCC)C8CCCCCCCC(=O)COC8CC9CC8[C@H]8CC(COC(=O)c%10cccc(C(=O)OCC%11CC%12CC%11[C@H]%11CC(COC(=O)C(=C)C)C[C@@H]%12%11)c%10)C[C@@H]98)C(C7)[C@@H]6C5)c4)C(C3)[C@@H]2C1. The van der Waals surface area contributed by atoms with Crippen LogP contribution in [0.1, 0.15) is 345 Å². The van der Waals surface area contributed by atoms with Crippen molar-refractivity contribution in [3.8, 4) is 0 Å². The van der Waals surface area contributed by atoms with E-state index in [9.17, 15) is 38.4 Å². The third-order valence-electron chi connectivity index (χ3n) is 35.3. The molecule has 0 spiro atoms. The van der Waals surface area contributed by atoms with Gasteiger partial charge in [0, 0.05) is 24.5 Å². The van der Waals surface area contributed by atoms with Gasteiger partial charge in [-0.05, 0) is 344 Å². The summed E-state index contributed by atoms with van der Waals surface area (Å²) in [6.45, 7) is 16.8. The largest absolute Gasteiger partial charge is 0.465 e. The van der Waals surface area contributed by atoms with Crippen LogP contribution in [0.3, 0.4) is 0 Å². The fourth-order valence-corrected chi connectivity index (χ4v) is 29.8. The molecule has 28 atom stereocenters. The molecule has 13 saturated carbocycles. The Hall–Kier alpha value is -6.16. The van der Waals surface area contributed by atoms with Crippen molar-refractivity contribution in [2.45, 2.75) is 309 Å². The lowest BCUT2D eigenvalue weighted by atomic mass is 9.61. The maximum atomic E-state index is 13.5. The second-order valence-corrected chi connectivity index (χ2v) is 42.8. The van der Waals surface area contributed by atoms with Crippen LogP contribution in [0.4, 0.5) is 0 Å². The van der Waals surface area contributed by atoms with E-state index in [4.69, 9.17) is 37.9 Å². The number of fused-ring (bicyclic) bond motifs is 20. The Kier molecular flexibility index (Phi) is 32.9. The lowest BCUT2D eigenvalue weighted by Gasteiger charge is -2.44. The first-order valence-electron chi connectivity index (χ1n) is 50.7. The van der Waals surface area contributed by atoms with Crippen molar-refractivity contribution in [1.29, 1.82) is 0 Å². The molecule has 0 amide bonds. The highest BCUT2D eigenvalue weighted by molar-refractivity contribution is 5.96. The van der Waals surface area contributed by atoms with E-state index in [-0.39, 0.29) is 36.4 Å². The van der Waals surface area contributed by atoms with Gasteiger partial charge in [-0.3, -0.25) is 9.59 Å². The van der Waals surface area contributed by atoms with Gasteiger partial charge in [-0.2, -0.15) is 0 Å². The molecule has 0 N–H and O–H groups in total. The van der Waals surface area contributed by atoms with Crippen LogP contribution < -0.4 is 0 Å². The molecule has 123 heavy (non-hydrogen) atoms. The van der Waals surface area contributed by atoms with Crippen molar-refractivity contribution in [1.82, 2.24) is 0 Å². The van der Waals surface area contributed by atoms with Crippen LogP contribution >= 0.6 is 0 Å². The topological polar surface area (TPSA) is 210 Å². The van der Waals surface area contributed by atoms with Crippen LogP contribution in [-0.4, -0.2) is 107 Å². The minimum atomic E-state index is -0.402. The summed E-state index contributed by atoms with van der Waals surface area (Å²) in [7, 11) is 0. The van der Waals surface area contributed by atoms with E-state index in [0.29, 0.717) is 223 Å². The van der Waals surface area contributed by atoms with Gasteiger partial charge < -0.3 is 37.9 Å². The predicted octanol–water partition coefficient (Wildman–Crippen LogP) is 23.4. The molecule has 13 aliphatic carbocycles. The van der Waals surface area contributed by atoms with Crippen molar-refractivity contribution in [2.75, 3.05) is 52.9 Å². The summed E-state index contributed by atoms with van der Waals surface area (Å²) in [6, 6.07) is 13.6. The normalized spacial score (nSPS) is 34.7. The Morgan fingerprint density at radius 2 is 0.699 bits per heavy atom. The smallest absolute Gasteiger partial charge is 0.338 e. The van der Waals surface area contributed by atoms with Crippen LogP contribution in [-0.2, 0) is 57.1 Å². The van der Waals surface area contributed by atoms with Crippen LogP contribution in [0.25, 0.3) is 0 Å². The number of unbranched alkanes of at least 4 members (excludes halogenated alkanes) is 16. The van der Waals surface area contributed by atoms with Gasteiger partial charge in [0.1, 0.15) is 6.61 Å². The zero-order valence-electron chi connectivity index (χ0n) is 75.6. The predicted molar refractivity (Wildman–Crippen MR) is 475 cm³/mol. The van der Waals surface area contributed by atoms with Crippen molar-refractivity contribution < 1.29 is 76.3 Å². The van der Waals surface area contributed by atoms with Gasteiger partial charge in [0.15, 0.2) is 5.78 Å². The highest BCUT2D eigenvalue weighted by Gasteiger charge is 2.60. The van der Waals surface area contributed by atoms with Crippen molar-refractivity contribution >= 4 is 47.6 Å². The highest BCUT2D eigenvalue weighted by atomic mass is 16.6. The van der Waals surface area contributed by atoms with Crippen LogP contribution in [0.2, 0.25) is 0 Å². The number of ketones is 1. The zero-order valence-corrected chi connectivity index (χ0v) is 75.6. The number of carbonyl (C=O) groups is 8.